The van der Waals surface area contributed by atoms with Crippen molar-refractivity contribution in [3.05, 3.63) is 24.1 Å². The van der Waals surface area contributed by atoms with Gasteiger partial charge in [0.25, 0.3) is 0 Å². The van der Waals surface area contributed by atoms with Gasteiger partial charge in [-0.15, -0.1) is 0 Å². The van der Waals surface area contributed by atoms with E-state index in [1.54, 1.807) is 12.1 Å². The van der Waals surface area contributed by atoms with Gasteiger partial charge in [0.15, 0.2) is 0 Å². The van der Waals surface area contributed by atoms with Crippen molar-refractivity contribution in [2.45, 2.75) is 0 Å². The maximum Gasteiger partial charge on any atom is 0.228 e. The summed E-state index contributed by atoms with van der Waals surface area (Å²) in [6.45, 7) is 2.79. The highest BCUT2D eigenvalue weighted by atomic mass is 19.1. The van der Waals surface area contributed by atoms with Crippen molar-refractivity contribution in [2.24, 2.45) is 0 Å². The number of hydrogen-bond donors (Lipinski definition) is 3. The summed E-state index contributed by atoms with van der Waals surface area (Å²) in [6, 6.07) is 4.69. The number of nitrogen functional groups attached to an aromatic ring is 1. The zero-order valence-corrected chi connectivity index (χ0v) is 13.1. The number of morpholine rings is 1. The molecule has 0 atom stereocenters. The monoisotopic (exact) mass is 334 g/mol. The number of halogens is 1. The summed E-state index contributed by atoms with van der Waals surface area (Å²) in [5.74, 6) is 0.409. The van der Waals surface area contributed by atoms with Crippen LogP contribution >= 0.6 is 0 Å². The molecule has 4 N–H and O–H groups in total. The summed E-state index contributed by atoms with van der Waals surface area (Å²) in [6.07, 6.45) is 0. The van der Waals surface area contributed by atoms with E-state index in [2.05, 4.69) is 20.3 Å². The fourth-order valence-electron chi connectivity index (χ4n) is 2.39. The number of rotatable bonds is 5. The minimum Gasteiger partial charge on any atom is -0.395 e. The zero-order chi connectivity index (χ0) is 16.9. The molecule has 0 amide bonds. The average Bonchev–Trinajstić information content (AvgIpc) is 2.60. The summed E-state index contributed by atoms with van der Waals surface area (Å²) < 4.78 is 19.5. The van der Waals surface area contributed by atoms with Gasteiger partial charge in [0.1, 0.15) is 11.6 Å². The Morgan fingerprint density at radius 2 is 2.04 bits per heavy atom. The fraction of sp³-hybridized carbons (Fsp3) is 0.400. The van der Waals surface area contributed by atoms with E-state index >= 15 is 0 Å². The Bertz CT molecular complexity index is 708. The van der Waals surface area contributed by atoms with Gasteiger partial charge in [-0.3, -0.25) is 0 Å². The third-order valence-electron chi connectivity index (χ3n) is 3.57. The van der Waals surface area contributed by atoms with Crippen LogP contribution in [0.3, 0.4) is 0 Å². The van der Waals surface area contributed by atoms with Gasteiger partial charge in [-0.05, 0) is 12.1 Å². The van der Waals surface area contributed by atoms with Crippen molar-refractivity contribution in [1.82, 2.24) is 15.0 Å². The predicted octanol–water partition coefficient (Wildman–Crippen LogP) is 0.501. The maximum atomic E-state index is 14.1. The van der Waals surface area contributed by atoms with Crippen molar-refractivity contribution >= 4 is 17.6 Å². The Morgan fingerprint density at radius 3 is 2.75 bits per heavy atom. The van der Waals surface area contributed by atoms with E-state index in [1.165, 1.54) is 6.07 Å². The molecule has 1 aliphatic rings. The van der Waals surface area contributed by atoms with E-state index in [4.69, 9.17) is 15.6 Å². The first kappa shape index (κ1) is 16.3. The van der Waals surface area contributed by atoms with Gasteiger partial charge in [-0.2, -0.15) is 9.37 Å². The van der Waals surface area contributed by atoms with Gasteiger partial charge in [0.05, 0.1) is 31.1 Å². The Morgan fingerprint density at radius 1 is 1.25 bits per heavy atom. The summed E-state index contributed by atoms with van der Waals surface area (Å²) >= 11 is 0. The number of ether oxygens (including phenoxy) is 1. The predicted molar refractivity (Wildman–Crippen MR) is 88.2 cm³/mol. The minimum absolute atomic E-state index is 0.0377. The number of nitrogens with one attached hydrogen (secondary N) is 1. The Balaban J connectivity index is 2.00. The highest BCUT2D eigenvalue weighted by Crippen LogP contribution is 2.25. The molecule has 8 nitrogen and oxygen atoms in total. The first-order valence-corrected chi connectivity index (χ1v) is 7.66. The molecule has 0 spiro atoms. The molecule has 1 aliphatic heterocycles. The van der Waals surface area contributed by atoms with Crippen LogP contribution in [0.1, 0.15) is 0 Å². The molecule has 0 unspecified atom stereocenters. The van der Waals surface area contributed by atoms with E-state index in [0.717, 1.165) is 0 Å². The number of pyridine rings is 1. The van der Waals surface area contributed by atoms with Crippen molar-refractivity contribution in [2.75, 3.05) is 55.4 Å². The van der Waals surface area contributed by atoms with Crippen LogP contribution in [0.25, 0.3) is 11.3 Å². The van der Waals surface area contributed by atoms with Gasteiger partial charge in [-0.1, -0.05) is 0 Å². The lowest BCUT2D eigenvalue weighted by Gasteiger charge is -2.27. The number of nitrogens with zero attached hydrogens (tertiary/aromatic N) is 4. The molecule has 128 valence electrons. The Labute approximate surface area is 138 Å². The van der Waals surface area contributed by atoms with Crippen molar-refractivity contribution in [1.29, 1.82) is 0 Å². The topological polar surface area (TPSA) is 109 Å². The van der Waals surface area contributed by atoms with Crippen LogP contribution in [-0.2, 0) is 4.74 Å². The first-order chi connectivity index (χ1) is 11.7. The molecule has 3 rings (SSSR count). The third kappa shape index (κ3) is 3.69. The van der Waals surface area contributed by atoms with Gasteiger partial charge < -0.3 is 25.8 Å². The summed E-state index contributed by atoms with van der Waals surface area (Å²) in [7, 11) is 0. The fourth-order valence-corrected chi connectivity index (χ4v) is 2.39. The molecule has 0 bridgehead atoms. The summed E-state index contributed by atoms with van der Waals surface area (Å²) in [4.78, 5) is 14.5. The molecule has 1 fully saturated rings. The summed E-state index contributed by atoms with van der Waals surface area (Å²) in [5.41, 5.74) is 6.15. The molecule has 0 aliphatic carbocycles. The smallest absolute Gasteiger partial charge is 0.228 e. The van der Waals surface area contributed by atoms with E-state index < -0.39 is 5.95 Å². The summed E-state index contributed by atoms with van der Waals surface area (Å²) in [5, 5.41) is 12.0. The standard InChI is InChI=1S/C15H19FN6O2/c16-14-10(1-2-12(17)20-14)11-9-13(18-3-6-23)21-15(19-11)22-4-7-24-8-5-22/h1-2,9,23H,3-8H2,(H2,17,20)(H,18,19,21). The van der Waals surface area contributed by atoms with Crippen LogP contribution < -0.4 is 16.0 Å². The second kappa shape index (κ2) is 7.37. The first-order valence-electron chi connectivity index (χ1n) is 7.66. The van der Waals surface area contributed by atoms with Crippen LogP contribution in [0, 0.1) is 5.95 Å². The third-order valence-corrected chi connectivity index (χ3v) is 3.57. The second-order valence-electron chi connectivity index (χ2n) is 5.26. The second-order valence-corrected chi connectivity index (χ2v) is 5.26. The van der Waals surface area contributed by atoms with Gasteiger partial charge in [-0.25, -0.2) is 9.97 Å². The molecule has 0 saturated carbocycles. The number of aromatic nitrogens is 3. The molecule has 2 aromatic heterocycles. The minimum atomic E-state index is -0.685. The van der Waals surface area contributed by atoms with Gasteiger partial charge in [0, 0.05) is 25.7 Å². The number of anilines is 3. The van der Waals surface area contributed by atoms with Crippen molar-refractivity contribution in [3.63, 3.8) is 0 Å². The SMILES string of the molecule is Nc1ccc(-c2cc(NCCO)nc(N3CCOCC3)n2)c(F)n1. The Hall–Kier alpha value is -2.52. The molecular weight excluding hydrogens is 315 g/mol. The average molecular weight is 334 g/mol. The Kier molecular flexibility index (Phi) is 5.02. The van der Waals surface area contributed by atoms with Crippen LogP contribution in [0.5, 0.6) is 0 Å². The molecule has 9 heteroatoms. The van der Waals surface area contributed by atoms with Crippen LogP contribution in [0.4, 0.5) is 22.0 Å². The highest BCUT2D eigenvalue weighted by Gasteiger charge is 2.18. The normalized spacial score (nSPS) is 14.7. The lowest BCUT2D eigenvalue weighted by molar-refractivity contribution is 0.122. The zero-order valence-electron chi connectivity index (χ0n) is 13.1. The van der Waals surface area contributed by atoms with E-state index in [0.29, 0.717) is 50.3 Å². The number of hydrogen-bond acceptors (Lipinski definition) is 8. The van der Waals surface area contributed by atoms with Crippen molar-refractivity contribution in [3.8, 4) is 11.3 Å². The molecule has 0 radical (unpaired) electrons. The quantitative estimate of drug-likeness (QED) is 0.678. The van der Waals surface area contributed by atoms with Crippen LogP contribution in [-0.4, -0.2) is 59.5 Å². The molecule has 2 aromatic rings. The number of nitrogens with two attached hydrogens (primary N) is 1. The van der Waals surface area contributed by atoms with Gasteiger partial charge in [0.2, 0.25) is 11.9 Å². The molecule has 24 heavy (non-hydrogen) atoms. The van der Waals surface area contributed by atoms with Crippen LogP contribution in [0.2, 0.25) is 0 Å². The lowest BCUT2D eigenvalue weighted by atomic mass is 10.2. The highest BCUT2D eigenvalue weighted by molar-refractivity contribution is 5.65. The van der Waals surface area contributed by atoms with Gasteiger partial charge >= 0.3 is 0 Å². The molecule has 3 heterocycles. The van der Waals surface area contributed by atoms with E-state index in [9.17, 15) is 4.39 Å². The van der Waals surface area contributed by atoms with E-state index in [-0.39, 0.29) is 18.0 Å². The molecular formula is C15H19FN6O2. The van der Waals surface area contributed by atoms with Crippen molar-refractivity contribution < 1.29 is 14.2 Å². The van der Waals surface area contributed by atoms with E-state index in [1.807, 2.05) is 4.90 Å². The molecule has 0 aromatic carbocycles. The molecule has 1 saturated heterocycles. The lowest BCUT2D eigenvalue weighted by Crippen LogP contribution is -2.37. The number of aliphatic hydroxyl groups is 1. The number of aliphatic hydroxyl groups excluding tert-OH is 1. The maximum absolute atomic E-state index is 14.1. The van der Waals surface area contributed by atoms with Crippen LogP contribution in [0.15, 0.2) is 18.2 Å². The largest absolute Gasteiger partial charge is 0.395 e.